The minimum Gasteiger partial charge on any atom is -0.496 e. The molecule has 0 heterocycles. The van der Waals surface area contributed by atoms with Gasteiger partial charge in [-0.3, -0.25) is 4.79 Å². The van der Waals surface area contributed by atoms with Crippen LogP contribution in [0.2, 0.25) is 0 Å². The minimum absolute atomic E-state index is 0.242. The summed E-state index contributed by atoms with van der Waals surface area (Å²) in [5.74, 6) is 1.19. The van der Waals surface area contributed by atoms with E-state index < -0.39 is 0 Å². The zero-order valence-corrected chi connectivity index (χ0v) is 13.0. The van der Waals surface area contributed by atoms with Crippen LogP contribution in [0.1, 0.15) is 35.6 Å². The molecule has 3 heteroatoms. The Morgan fingerprint density at radius 1 is 1.26 bits per heavy atom. The molecule has 0 amide bonds. The van der Waals surface area contributed by atoms with Gasteiger partial charge in [0.2, 0.25) is 0 Å². The van der Waals surface area contributed by atoms with E-state index in [1.807, 2.05) is 0 Å². The van der Waals surface area contributed by atoms with Crippen LogP contribution in [0.3, 0.4) is 0 Å². The number of carbonyl (C=O) groups excluding carboxylic acids is 1. The zero-order valence-electron chi connectivity index (χ0n) is 13.0. The van der Waals surface area contributed by atoms with Crippen molar-refractivity contribution in [1.29, 1.82) is 0 Å². The van der Waals surface area contributed by atoms with Gasteiger partial charge in [-0.1, -0.05) is 0 Å². The van der Waals surface area contributed by atoms with Crippen molar-refractivity contribution >= 4 is 5.78 Å². The third-order valence-electron chi connectivity index (χ3n) is 3.70. The SMILES string of the molecule is COc1cc(C)c(CN(C)CCC(C)=O)c(C)c1C. The molecule has 0 spiro atoms. The molecule has 0 atom stereocenters. The van der Waals surface area contributed by atoms with E-state index in [-0.39, 0.29) is 5.78 Å². The number of hydrogen-bond acceptors (Lipinski definition) is 3. The highest BCUT2D eigenvalue weighted by Gasteiger charge is 2.12. The van der Waals surface area contributed by atoms with E-state index in [0.717, 1.165) is 18.8 Å². The number of ether oxygens (including phenoxy) is 1. The van der Waals surface area contributed by atoms with Crippen molar-refractivity contribution in [1.82, 2.24) is 4.90 Å². The molecule has 0 unspecified atom stereocenters. The molecule has 19 heavy (non-hydrogen) atoms. The van der Waals surface area contributed by atoms with Gasteiger partial charge in [0.25, 0.3) is 0 Å². The fraction of sp³-hybridized carbons (Fsp3) is 0.562. The second kappa shape index (κ2) is 6.71. The maximum Gasteiger partial charge on any atom is 0.131 e. The summed E-state index contributed by atoms with van der Waals surface area (Å²) in [5, 5.41) is 0. The Kier molecular flexibility index (Phi) is 5.55. The van der Waals surface area contributed by atoms with Crippen LogP contribution in [0.5, 0.6) is 5.75 Å². The van der Waals surface area contributed by atoms with Gasteiger partial charge in [-0.2, -0.15) is 0 Å². The lowest BCUT2D eigenvalue weighted by molar-refractivity contribution is -0.117. The summed E-state index contributed by atoms with van der Waals surface area (Å²) in [7, 11) is 3.77. The van der Waals surface area contributed by atoms with Gasteiger partial charge < -0.3 is 9.64 Å². The van der Waals surface area contributed by atoms with Crippen molar-refractivity contribution in [3.8, 4) is 5.75 Å². The summed E-state index contributed by atoms with van der Waals surface area (Å²) in [5.41, 5.74) is 5.06. The Labute approximate surface area is 116 Å². The summed E-state index contributed by atoms with van der Waals surface area (Å²) >= 11 is 0. The van der Waals surface area contributed by atoms with Gasteiger partial charge in [0.15, 0.2) is 0 Å². The van der Waals surface area contributed by atoms with Crippen LogP contribution in [-0.4, -0.2) is 31.4 Å². The van der Waals surface area contributed by atoms with Crippen LogP contribution in [0.25, 0.3) is 0 Å². The van der Waals surface area contributed by atoms with Gasteiger partial charge in [-0.05, 0) is 63.1 Å². The van der Waals surface area contributed by atoms with Crippen molar-refractivity contribution in [3.63, 3.8) is 0 Å². The van der Waals surface area contributed by atoms with E-state index >= 15 is 0 Å². The lowest BCUT2D eigenvalue weighted by atomic mass is 9.97. The molecule has 0 N–H and O–H groups in total. The van der Waals surface area contributed by atoms with Crippen molar-refractivity contribution in [3.05, 3.63) is 28.3 Å². The molecule has 0 aromatic heterocycles. The Bertz CT molecular complexity index is 466. The molecule has 0 bridgehead atoms. The van der Waals surface area contributed by atoms with Crippen molar-refractivity contribution in [2.45, 2.75) is 40.7 Å². The van der Waals surface area contributed by atoms with Gasteiger partial charge in [-0.25, -0.2) is 0 Å². The number of benzene rings is 1. The number of carbonyl (C=O) groups is 1. The maximum absolute atomic E-state index is 11.0. The standard InChI is InChI=1S/C16H25NO2/c1-11-9-16(19-6)14(4)13(3)15(11)10-17(5)8-7-12(2)18/h9H,7-8,10H2,1-6H3. The molecular formula is C16H25NO2. The first-order chi connectivity index (χ1) is 8.86. The second-order valence-corrected chi connectivity index (χ2v) is 5.31. The number of hydrogen-bond donors (Lipinski definition) is 0. The summed E-state index contributed by atoms with van der Waals surface area (Å²) in [6, 6.07) is 2.09. The Balaban J connectivity index is 2.89. The normalized spacial score (nSPS) is 10.9. The molecule has 0 aliphatic carbocycles. The first kappa shape index (κ1) is 15.7. The van der Waals surface area contributed by atoms with Crippen LogP contribution in [0, 0.1) is 20.8 Å². The molecule has 0 radical (unpaired) electrons. The van der Waals surface area contributed by atoms with E-state index in [2.05, 4.69) is 38.8 Å². The van der Waals surface area contributed by atoms with Gasteiger partial charge in [0, 0.05) is 19.5 Å². The number of nitrogens with zero attached hydrogens (tertiary/aromatic N) is 1. The highest BCUT2D eigenvalue weighted by atomic mass is 16.5. The van der Waals surface area contributed by atoms with Gasteiger partial charge in [-0.15, -0.1) is 0 Å². The molecule has 1 aromatic rings. The summed E-state index contributed by atoms with van der Waals surface area (Å²) < 4.78 is 5.39. The number of ketones is 1. The van der Waals surface area contributed by atoms with Crippen molar-refractivity contribution in [2.75, 3.05) is 20.7 Å². The maximum atomic E-state index is 11.0. The van der Waals surface area contributed by atoms with E-state index in [1.54, 1.807) is 14.0 Å². The number of rotatable bonds is 6. The molecular weight excluding hydrogens is 238 g/mol. The monoisotopic (exact) mass is 263 g/mol. The first-order valence-corrected chi connectivity index (χ1v) is 6.68. The van der Waals surface area contributed by atoms with Gasteiger partial charge >= 0.3 is 0 Å². The molecule has 1 rings (SSSR count). The van der Waals surface area contributed by atoms with E-state index in [1.165, 1.54) is 22.3 Å². The first-order valence-electron chi connectivity index (χ1n) is 6.68. The average Bonchev–Trinajstić information content (AvgIpc) is 2.36. The largest absolute Gasteiger partial charge is 0.496 e. The number of methoxy groups -OCH3 is 1. The fourth-order valence-electron chi connectivity index (χ4n) is 2.25. The molecule has 3 nitrogen and oxygen atoms in total. The van der Waals surface area contributed by atoms with Crippen LogP contribution < -0.4 is 4.74 Å². The average molecular weight is 263 g/mol. The lowest BCUT2D eigenvalue weighted by Crippen LogP contribution is -2.22. The molecule has 0 fully saturated rings. The Hall–Kier alpha value is -1.35. The molecule has 0 saturated carbocycles. The summed E-state index contributed by atoms with van der Waals surface area (Å²) in [4.78, 5) is 13.2. The molecule has 106 valence electrons. The molecule has 1 aromatic carbocycles. The van der Waals surface area contributed by atoms with Crippen LogP contribution >= 0.6 is 0 Å². The van der Waals surface area contributed by atoms with Crippen LogP contribution in [0.4, 0.5) is 0 Å². The van der Waals surface area contributed by atoms with Crippen molar-refractivity contribution < 1.29 is 9.53 Å². The molecule has 0 aliphatic heterocycles. The third kappa shape index (κ3) is 4.06. The minimum atomic E-state index is 0.242. The summed E-state index contributed by atoms with van der Waals surface area (Å²) in [6.07, 6.45) is 0.615. The topological polar surface area (TPSA) is 29.5 Å². The van der Waals surface area contributed by atoms with E-state index in [0.29, 0.717) is 6.42 Å². The highest BCUT2D eigenvalue weighted by Crippen LogP contribution is 2.28. The van der Waals surface area contributed by atoms with E-state index in [9.17, 15) is 4.79 Å². The predicted molar refractivity (Wildman–Crippen MR) is 78.8 cm³/mol. The zero-order chi connectivity index (χ0) is 14.6. The molecule has 0 saturated heterocycles. The Morgan fingerprint density at radius 3 is 2.42 bits per heavy atom. The summed E-state index contributed by atoms with van der Waals surface area (Å²) in [6.45, 7) is 9.66. The number of aryl methyl sites for hydroxylation is 1. The smallest absolute Gasteiger partial charge is 0.131 e. The fourth-order valence-corrected chi connectivity index (χ4v) is 2.25. The quantitative estimate of drug-likeness (QED) is 0.790. The van der Waals surface area contributed by atoms with Crippen LogP contribution in [-0.2, 0) is 11.3 Å². The van der Waals surface area contributed by atoms with Crippen molar-refractivity contribution in [2.24, 2.45) is 0 Å². The number of Topliss-reactive ketones (excluding diaryl/α,β-unsaturated/α-hetero) is 1. The second-order valence-electron chi connectivity index (χ2n) is 5.31. The van der Waals surface area contributed by atoms with E-state index in [4.69, 9.17) is 4.74 Å². The molecule has 0 aliphatic rings. The third-order valence-corrected chi connectivity index (χ3v) is 3.70. The highest BCUT2D eigenvalue weighted by molar-refractivity contribution is 5.75. The lowest BCUT2D eigenvalue weighted by Gasteiger charge is -2.21. The Morgan fingerprint density at radius 2 is 1.89 bits per heavy atom. The van der Waals surface area contributed by atoms with Gasteiger partial charge in [0.1, 0.15) is 11.5 Å². The van der Waals surface area contributed by atoms with Gasteiger partial charge in [0.05, 0.1) is 7.11 Å². The predicted octanol–water partition coefficient (Wildman–Crippen LogP) is 3.03. The van der Waals surface area contributed by atoms with Crippen LogP contribution in [0.15, 0.2) is 6.07 Å².